The Morgan fingerprint density at radius 1 is 1.16 bits per heavy atom. The topological polar surface area (TPSA) is 50.8 Å². The summed E-state index contributed by atoms with van der Waals surface area (Å²) in [5.74, 6) is 1.08. The van der Waals surface area contributed by atoms with E-state index in [0.29, 0.717) is 0 Å². The molecule has 0 aliphatic carbocycles. The van der Waals surface area contributed by atoms with Gasteiger partial charge in [0, 0.05) is 33.0 Å². The number of benzene rings is 1. The first-order valence-electron chi connectivity index (χ1n) is 9.33. The second-order valence-corrected chi connectivity index (χ2v) is 7.30. The molecule has 0 saturated carbocycles. The number of hydrogen-bond acceptors (Lipinski definition) is 4. The molecule has 5 nitrogen and oxygen atoms in total. The molecule has 0 radical (unpaired) electrons. The van der Waals surface area contributed by atoms with Crippen molar-refractivity contribution < 1.29 is 14.3 Å². The molecule has 1 aromatic rings. The highest BCUT2D eigenvalue weighted by atomic mass is 16.5. The Morgan fingerprint density at radius 2 is 1.84 bits per heavy atom. The summed E-state index contributed by atoms with van der Waals surface area (Å²) in [5, 5.41) is 3.30. The van der Waals surface area contributed by atoms with Gasteiger partial charge in [0.2, 0.25) is 0 Å². The first kappa shape index (κ1) is 18.2. The Labute approximate surface area is 150 Å². The summed E-state index contributed by atoms with van der Waals surface area (Å²) in [6.45, 7) is 7.37. The summed E-state index contributed by atoms with van der Waals surface area (Å²) in [5.41, 5.74) is 1.89. The van der Waals surface area contributed by atoms with Gasteiger partial charge in [-0.15, -0.1) is 0 Å². The van der Waals surface area contributed by atoms with Gasteiger partial charge in [0.1, 0.15) is 17.5 Å². The molecular weight excluding hydrogens is 316 g/mol. The number of carbonyl (C=O) groups is 1. The average Bonchev–Trinajstić information content (AvgIpc) is 2.65. The molecule has 5 heteroatoms. The molecule has 2 heterocycles. The minimum Gasteiger partial charge on any atom is -0.490 e. The second-order valence-electron chi connectivity index (χ2n) is 7.30. The third kappa shape index (κ3) is 3.98. The maximum absolute atomic E-state index is 13.0. The summed E-state index contributed by atoms with van der Waals surface area (Å²) in [6, 6.07) is 6.24. The fraction of sp³-hybridized carbons (Fsp3) is 0.650. The monoisotopic (exact) mass is 346 g/mol. The zero-order valence-electron chi connectivity index (χ0n) is 15.6. The van der Waals surface area contributed by atoms with E-state index in [9.17, 15) is 4.79 Å². The third-order valence-electron chi connectivity index (χ3n) is 5.70. The Bertz CT molecular complexity index is 603. The lowest BCUT2D eigenvalue weighted by Crippen LogP contribution is -2.57. The van der Waals surface area contributed by atoms with Crippen LogP contribution in [0.5, 0.6) is 5.75 Å². The fourth-order valence-corrected chi connectivity index (χ4v) is 3.78. The van der Waals surface area contributed by atoms with E-state index in [1.165, 1.54) is 11.1 Å². The minimum atomic E-state index is -0.632. The number of nitrogens with zero attached hydrogens (tertiary/aromatic N) is 1. The lowest BCUT2D eigenvalue weighted by Gasteiger charge is -2.41. The van der Waals surface area contributed by atoms with Crippen molar-refractivity contribution in [2.75, 3.05) is 33.3 Å². The third-order valence-corrected chi connectivity index (χ3v) is 5.70. The molecule has 1 aromatic carbocycles. The number of methoxy groups -OCH3 is 1. The van der Waals surface area contributed by atoms with Crippen LogP contribution in [0.3, 0.4) is 0 Å². The fourth-order valence-electron chi connectivity index (χ4n) is 3.78. The van der Waals surface area contributed by atoms with E-state index >= 15 is 0 Å². The highest BCUT2D eigenvalue weighted by Crippen LogP contribution is 2.28. The highest BCUT2D eigenvalue weighted by molar-refractivity contribution is 5.85. The van der Waals surface area contributed by atoms with E-state index in [1.807, 2.05) is 11.0 Å². The van der Waals surface area contributed by atoms with Gasteiger partial charge < -0.3 is 19.7 Å². The standard InChI is InChI=1S/C20H30N2O3/c1-15-4-5-18(14-16(15)2)25-17-6-12-22(13-7-17)19(23)20(24-3)8-10-21-11-9-20/h4-5,14,17,21H,6-13H2,1-3H3. The number of likely N-dealkylation sites (tertiary alicyclic amines) is 1. The van der Waals surface area contributed by atoms with Crippen molar-refractivity contribution >= 4 is 5.91 Å². The zero-order chi connectivity index (χ0) is 17.9. The van der Waals surface area contributed by atoms with Crippen LogP contribution in [-0.2, 0) is 9.53 Å². The van der Waals surface area contributed by atoms with E-state index in [1.54, 1.807) is 7.11 Å². The molecule has 0 bridgehead atoms. The van der Waals surface area contributed by atoms with Crippen molar-refractivity contribution in [3.8, 4) is 5.75 Å². The van der Waals surface area contributed by atoms with Gasteiger partial charge in [0.15, 0.2) is 0 Å². The lowest BCUT2D eigenvalue weighted by molar-refractivity contribution is -0.160. The van der Waals surface area contributed by atoms with Crippen molar-refractivity contribution in [1.29, 1.82) is 0 Å². The van der Waals surface area contributed by atoms with E-state index < -0.39 is 5.60 Å². The van der Waals surface area contributed by atoms with Gasteiger partial charge >= 0.3 is 0 Å². The van der Waals surface area contributed by atoms with Crippen LogP contribution in [0, 0.1) is 13.8 Å². The van der Waals surface area contributed by atoms with Crippen LogP contribution in [0.4, 0.5) is 0 Å². The number of ether oxygens (including phenoxy) is 2. The van der Waals surface area contributed by atoms with Crippen LogP contribution in [0.1, 0.15) is 36.8 Å². The summed E-state index contributed by atoms with van der Waals surface area (Å²) in [7, 11) is 1.67. The molecule has 0 spiro atoms. The van der Waals surface area contributed by atoms with Crippen molar-refractivity contribution in [2.45, 2.75) is 51.2 Å². The molecular formula is C20H30N2O3. The molecule has 1 N–H and O–H groups in total. The molecule has 3 rings (SSSR count). The Hall–Kier alpha value is -1.59. The van der Waals surface area contributed by atoms with Gasteiger partial charge in [-0.25, -0.2) is 0 Å². The van der Waals surface area contributed by atoms with Crippen LogP contribution in [0.15, 0.2) is 18.2 Å². The van der Waals surface area contributed by atoms with Crippen LogP contribution in [-0.4, -0.2) is 55.8 Å². The lowest BCUT2D eigenvalue weighted by atomic mass is 9.89. The summed E-state index contributed by atoms with van der Waals surface area (Å²) >= 11 is 0. The normalized spacial score (nSPS) is 21.2. The first-order valence-corrected chi connectivity index (χ1v) is 9.33. The number of aryl methyl sites for hydroxylation is 2. The molecule has 2 saturated heterocycles. The maximum atomic E-state index is 13.0. The van der Waals surface area contributed by atoms with E-state index in [2.05, 4.69) is 31.3 Å². The molecule has 2 aliphatic heterocycles. The molecule has 1 amide bonds. The predicted octanol–water partition coefficient (Wildman–Crippen LogP) is 2.44. The molecule has 2 aliphatic rings. The Balaban J connectivity index is 1.56. The number of hydrogen-bond donors (Lipinski definition) is 1. The largest absolute Gasteiger partial charge is 0.490 e. The van der Waals surface area contributed by atoms with E-state index in [4.69, 9.17) is 9.47 Å². The zero-order valence-corrected chi connectivity index (χ0v) is 15.6. The number of rotatable bonds is 4. The van der Waals surface area contributed by atoms with Crippen molar-refractivity contribution in [3.63, 3.8) is 0 Å². The smallest absolute Gasteiger partial charge is 0.254 e. The van der Waals surface area contributed by atoms with E-state index in [0.717, 1.165) is 57.6 Å². The van der Waals surface area contributed by atoms with Gasteiger partial charge in [-0.2, -0.15) is 0 Å². The minimum absolute atomic E-state index is 0.154. The van der Waals surface area contributed by atoms with Crippen LogP contribution in [0.25, 0.3) is 0 Å². The van der Waals surface area contributed by atoms with Gasteiger partial charge in [0.05, 0.1) is 0 Å². The van der Waals surface area contributed by atoms with Gasteiger partial charge in [-0.1, -0.05) is 6.07 Å². The second kappa shape index (κ2) is 7.75. The highest BCUT2D eigenvalue weighted by Gasteiger charge is 2.43. The van der Waals surface area contributed by atoms with Gasteiger partial charge in [-0.05, 0) is 63.0 Å². The quantitative estimate of drug-likeness (QED) is 0.910. The van der Waals surface area contributed by atoms with Gasteiger partial charge in [-0.3, -0.25) is 4.79 Å². The average molecular weight is 346 g/mol. The van der Waals surface area contributed by atoms with Crippen molar-refractivity contribution in [2.24, 2.45) is 0 Å². The molecule has 25 heavy (non-hydrogen) atoms. The molecule has 2 fully saturated rings. The van der Waals surface area contributed by atoms with Crippen LogP contribution >= 0.6 is 0 Å². The van der Waals surface area contributed by atoms with Gasteiger partial charge in [0.25, 0.3) is 5.91 Å². The Kier molecular flexibility index (Phi) is 5.64. The predicted molar refractivity (Wildman–Crippen MR) is 98.0 cm³/mol. The van der Waals surface area contributed by atoms with Crippen molar-refractivity contribution in [3.05, 3.63) is 29.3 Å². The number of amides is 1. The summed E-state index contributed by atoms with van der Waals surface area (Å²) < 4.78 is 11.8. The molecule has 138 valence electrons. The maximum Gasteiger partial charge on any atom is 0.254 e. The van der Waals surface area contributed by atoms with Crippen molar-refractivity contribution in [1.82, 2.24) is 10.2 Å². The van der Waals surface area contributed by atoms with Crippen LogP contribution in [0.2, 0.25) is 0 Å². The van der Waals surface area contributed by atoms with E-state index in [-0.39, 0.29) is 12.0 Å². The SMILES string of the molecule is COC1(C(=O)N2CCC(Oc3ccc(C)c(C)c3)CC2)CCNCC1. The number of nitrogens with one attached hydrogen (secondary N) is 1. The number of piperidine rings is 2. The molecule has 0 aromatic heterocycles. The molecule has 0 atom stereocenters. The number of carbonyl (C=O) groups excluding carboxylic acids is 1. The first-order chi connectivity index (χ1) is 12.0. The molecule has 0 unspecified atom stereocenters. The summed E-state index contributed by atoms with van der Waals surface area (Å²) in [4.78, 5) is 15.0. The summed E-state index contributed by atoms with van der Waals surface area (Å²) in [6.07, 6.45) is 3.42. The van der Waals surface area contributed by atoms with Crippen LogP contribution < -0.4 is 10.1 Å². The Morgan fingerprint density at radius 3 is 2.44 bits per heavy atom.